The molecule has 0 saturated carbocycles. The maximum Gasteiger partial charge on any atom is 0.274 e. The topological polar surface area (TPSA) is 64.2 Å². The second-order valence-electron chi connectivity index (χ2n) is 5.24. The average Bonchev–Trinajstić information content (AvgIpc) is 2.96. The van der Waals surface area contributed by atoms with E-state index in [4.69, 9.17) is 5.73 Å². The van der Waals surface area contributed by atoms with Gasteiger partial charge in [0, 0.05) is 31.9 Å². The fourth-order valence-corrected chi connectivity index (χ4v) is 2.63. The standard InChI is InChI=1S/C13H22N4O/c1-10(2)12-4-3-6-17(12)13(18)11-8-16(7-5-14)9-15-11/h8-10,12H,3-7,14H2,1-2H3. The number of carbonyl (C=O) groups is 1. The van der Waals surface area contributed by atoms with Crippen LogP contribution in [0, 0.1) is 5.92 Å². The average molecular weight is 250 g/mol. The molecule has 1 saturated heterocycles. The number of hydrogen-bond acceptors (Lipinski definition) is 3. The molecule has 2 heterocycles. The third-order valence-corrected chi connectivity index (χ3v) is 3.57. The first-order valence-corrected chi connectivity index (χ1v) is 6.66. The van der Waals surface area contributed by atoms with Gasteiger partial charge in [0.25, 0.3) is 5.91 Å². The lowest BCUT2D eigenvalue weighted by Crippen LogP contribution is -2.38. The molecule has 18 heavy (non-hydrogen) atoms. The van der Waals surface area contributed by atoms with Crippen molar-refractivity contribution < 1.29 is 4.79 Å². The summed E-state index contributed by atoms with van der Waals surface area (Å²) in [5, 5.41) is 0. The van der Waals surface area contributed by atoms with E-state index in [-0.39, 0.29) is 5.91 Å². The van der Waals surface area contributed by atoms with Crippen LogP contribution in [0.2, 0.25) is 0 Å². The maximum absolute atomic E-state index is 12.4. The Morgan fingerprint density at radius 1 is 1.61 bits per heavy atom. The van der Waals surface area contributed by atoms with E-state index in [1.165, 1.54) is 0 Å². The van der Waals surface area contributed by atoms with Crippen LogP contribution in [0.1, 0.15) is 37.2 Å². The predicted molar refractivity (Wildman–Crippen MR) is 70.2 cm³/mol. The van der Waals surface area contributed by atoms with Gasteiger partial charge in [-0.3, -0.25) is 4.79 Å². The molecule has 100 valence electrons. The Bertz CT molecular complexity index is 413. The summed E-state index contributed by atoms with van der Waals surface area (Å²) >= 11 is 0. The molecule has 1 unspecified atom stereocenters. The molecule has 0 spiro atoms. The van der Waals surface area contributed by atoms with Crippen LogP contribution in [0.3, 0.4) is 0 Å². The van der Waals surface area contributed by atoms with E-state index in [9.17, 15) is 4.79 Å². The van der Waals surface area contributed by atoms with Crippen molar-refractivity contribution in [2.75, 3.05) is 13.1 Å². The van der Waals surface area contributed by atoms with E-state index in [1.54, 1.807) is 12.5 Å². The first-order valence-electron chi connectivity index (χ1n) is 6.66. The minimum absolute atomic E-state index is 0.0574. The van der Waals surface area contributed by atoms with Crippen molar-refractivity contribution in [1.82, 2.24) is 14.5 Å². The van der Waals surface area contributed by atoms with E-state index in [0.717, 1.165) is 19.4 Å². The highest BCUT2D eigenvalue weighted by Crippen LogP contribution is 2.25. The molecular formula is C13H22N4O. The zero-order chi connectivity index (χ0) is 13.1. The van der Waals surface area contributed by atoms with Crippen LogP contribution in [0.15, 0.2) is 12.5 Å². The minimum atomic E-state index is 0.0574. The van der Waals surface area contributed by atoms with Gasteiger partial charge in [0.15, 0.2) is 0 Å². The molecule has 1 aliphatic heterocycles. The van der Waals surface area contributed by atoms with Crippen molar-refractivity contribution in [3.63, 3.8) is 0 Å². The lowest BCUT2D eigenvalue weighted by molar-refractivity contribution is 0.0696. The Labute approximate surface area is 108 Å². The minimum Gasteiger partial charge on any atom is -0.335 e. The molecule has 2 rings (SSSR count). The number of aromatic nitrogens is 2. The number of carbonyl (C=O) groups excluding carboxylic acids is 1. The number of hydrogen-bond donors (Lipinski definition) is 1. The zero-order valence-electron chi connectivity index (χ0n) is 11.2. The predicted octanol–water partition coefficient (Wildman–Crippen LogP) is 1.10. The third-order valence-electron chi connectivity index (χ3n) is 3.57. The van der Waals surface area contributed by atoms with Crippen LogP contribution in [0.4, 0.5) is 0 Å². The van der Waals surface area contributed by atoms with Crippen molar-refractivity contribution in [1.29, 1.82) is 0 Å². The van der Waals surface area contributed by atoms with Crippen molar-refractivity contribution in [3.8, 4) is 0 Å². The molecule has 0 bridgehead atoms. The lowest BCUT2D eigenvalue weighted by atomic mass is 10.0. The van der Waals surface area contributed by atoms with E-state index in [1.807, 2.05) is 9.47 Å². The quantitative estimate of drug-likeness (QED) is 0.870. The first-order chi connectivity index (χ1) is 8.63. The van der Waals surface area contributed by atoms with Gasteiger partial charge in [0.05, 0.1) is 6.33 Å². The largest absolute Gasteiger partial charge is 0.335 e. The summed E-state index contributed by atoms with van der Waals surface area (Å²) in [7, 11) is 0. The molecule has 0 aliphatic carbocycles. The van der Waals surface area contributed by atoms with Crippen molar-refractivity contribution in [2.24, 2.45) is 11.7 Å². The van der Waals surface area contributed by atoms with E-state index in [0.29, 0.717) is 30.7 Å². The number of nitrogens with two attached hydrogens (primary N) is 1. The van der Waals surface area contributed by atoms with Gasteiger partial charge < -0.3 is 15.2 Å². The molecule has 0 aromatic carbocycles. The summed E-state index contributed by atoms with van der Waals surface area (Å²) in [5.41, 5.74) is 6.02. The van der Waals surface area contributed by atoms with Crippen molar-refractivity contribution >= 4 is 5.91 Å². The highest BCUT2D eigenvalue weighted by Gasteiger charge is 2.32. The van der Waals surface area contributed by atoms with E-state index >= 15 is 0 Å². The second kappa shape index (κ2) is 5.52. The summed E-state index contributed by atoms with van der Waals surface area (Å²) in [4.78, 5) is 18.6. The molecule has 1 aromatic heterocycles. The first kappa shape index (κ1) is 13.1. The number of likely N-dealkylation sites (tertiary alicyclic amines) is 1. The molecule has 1 aliphatic rings. The highest BCUT2D eigenvalue weighted by molar-refractivity contribution is 5.92. The monoisotopic (exact) mass is 250 g/mol. The van der Waals surface area contributed by atoms with E-state index in [2.05, 4.69) is 18.8 Å². The normalized spacial score (nSPS) is 19.8. The SMILES string of the molecule is CC(C)C1CCCN1C(=O)c1cn(CCN)cn1. The Hall–Kier alpha value is -1.36. The summed E-state index contributed by atoms with van der Waals surface area (Å²) < 4.78 is 1.87. The van der Waals surface area contributed by atoms with Gasteiger partial charge in [-0.2, -0.15) is 0 Å². The molecule has 5 nitrogen and oxygen atoms in total. The smallest absolute Gasteiger partial charge is 0.274 e. The molecule has 2 N–H and O–H groups in total. The third kappa shape index (κ3) is 2.56. The van der Waals surface area contributed by atoms with Gasteiger partial charge in [-0.15, -0.1) is 0 Å². The van der Waals surface area contributed by atoms with Gasteiger partial charge in [-0.05, 0) is 18.8 Å². The van der Waals surface area contributed by atoms with E-state index < -0.39 is 0 Å². The van der Waals surface area contributed by atoms with Gasteiger partial charge in [-0.1, -0.05) is 13.8 Å². The van der Waals surface area contributed by atoms with Crippen molar-refractivity contribution in [2.45, 2.75) is 39.3 Å². The Kier molecular flexibility index (Phi) is 4.01. The fraction of sp³-hybridized carbons (Fsp3) is 0.692. The van der Waals surface area contributed by atoms with Crippen LogP contribution in [-0.4, -0.2) is 39.5 Å². The van der Waals surface area contributed by atoms with Gasteiger partial charge in [0.2, 0.25) is 0 Å². The number of rotatable bonds is 4. The zero-order valence-corrected chi connectivity index (χ0v) is 11.2. The molecule has 1 atom stereocenters. The van der Waals surface area contributed by atoms with Crippen LogP contribution in [-0.2, 0) is 6.54 Å². The van der Waals surface area contributed by atoms with Gasteiger partial charge in [0.1, 0.15) is 5.69 Å². The molecular weight excluding hydrogens is 228 g/mol. The molecule has 1 fully saturated rings. The van der Waals surface area contributed by atoms with Gasteiger partial charge >= 0.3 is 0 Å². The van der Waals surface area contributed by atoms with Crippen molar-refractivity contribution in [3.05, 3.63) is 18.2 Å². The second-order valence-corrected chi connectivity index (χ2v) is 5.24. The maximum atomic E-state index is 12.4. The van der Waals surface area contributed by atoms with Crippen LogP contribution >= 0.6 is 0 Å². The number of imidazole rings is 1. The molecule has 1 aromatic rings. The lowest BCUT2D eigenvalue weighted by Gasteiger charge is -2.26. The highest BCUT2D eigenvalue weighted by atomic mass is 16.2. The summed E-state index contributed by atoms with van der Waals surface area (Å²) in [5.74, 6) is 0.560. The van der Waals surface area contributed by atoms with Gasteiger partial charge in [-0.25, -0.2) is 4.98 Å². The Morgan fingerprint density at radius 2 is 2.39 bits per heavy atom. The number of amides is 1. The van der Waals surface area contributed by atoms with Crippen LogP contribution in [0.25, 0.3) is 0 Å². The Morgan fingerprint density at radius 3 is 3.06 bits per heavy atom. The molecule has 5 heteroatoms. The van der Waals surface area contributed by atoms with Crippen LogP contribution < -0.4 is 5.73 Å². The fourth-order valence-electron chi connectivity index (χ4n) is 2.63. The number of nitrogens with zero attached hydrogens (tertiary/aromatic N) is 3. The summed E-state index contributed by atoms with van der Waals surface area (Å²) in [6.07, 6.45) is 5.68. The van der Waals surface area contributed by atoms with Crippen LogP contribution in [0.5, 0.6) is 0 Å². The molecule has 0 radical (unpaired) electrons. The molecule has 1 amide bonds. The summed E-state index contributed by atoms with van der Waals surface area (Å²) in [6, 6.07) is 0.358. The Balaban J connectivity index is 2.10. The summed E-state index contributed by atoms with van der Waals surface area (Å²) in [6.45, 7) is 6.45.